The van der Waals surface area contributed by atoms with Crippen molar-refractivity contribution in [3.63, 3.8) is 0 Å². The minimum atomic E-state index is -0.550. The molecule has 0 aromatic heterocycles. The van der Waals surface area contributed by atoms with Gasteiger partial charge in [0.1, 0.15) is 5.76 Å². The number of nitrogens with one attached hydrogen (secondary N) is 1. The number of ketones is 2. The fourth-order valence-electron chi connectivity index (χ4n) is 0.906. The maximum Gasteiger partial charge on any atom is 0.229 e. The number of rotatable bonds is 2. The number of carbonyl (C=O) groups excluding carboxylic acids is 2. The van der Waals surface area contributed by atoms with E-state index in [1.165, 1.54) is 19.3 Å². The number of carbonyl (C=O) groups is 2. The molecule has 0 aliphatic heterocycles. The number of likely N-dealkylation sites (N-methyl/N-ethyl adjacent to an activating group) is 1. The Hall–Kier alpha value is -1.58. The van der Waals surface area contributed by atoms with E-state index in [0.29, 0.717) is 11.5 Å². The number of methoxy groups -OCH3 is 1. The second kappa shape index (κ2) is 3.21. The molecule has 1 aliphatic carbocycles. The van der Waals surface area contributed by atoms with Crippen molar-refractivity contribution in [1.29, 1.82) is 0 Å². The summed E-state index contributed by atoms with van der Waals surface area (Å²) in [6.07, 6.45) is 2.40. The largest absolute Gasteiger partial charge is 0.494 e. The van der Waals surface area contributed by atoms with Gasteiger partial charge in [-0.1, -0.05) is 0 Å². The lowest BCUT2D eigenvalue weighted by Crippen LogP contribution is -2.21. The first-order valence-corrected chi connectivity index (χ1v) is 3.43. The zero-order chi connectivity index (χ0) is 9.14. The van der Waals surface area contributed by atoms with Crippen molar-refractivity contribution in [3.05, 3.63) is 23.6 Å². The van der Waals surface area contributed by atoms with Crippen LogP contribution in [0.5, 0.6) is 0 Å². The molecule has 1 N–H and O–H groups in total. The highest BCUT2D eigenvalue weighted by Crippen LogP contribution is 2.12. The Morgan fingerprint density at radius 2 is 1.83 bits per heavy atom. The topological polar surface area (TPSA) is 55.4 Å². The molecule has 0 fully saturated rings. The van der Waals surface area contributed by atoms with Crippen LogP contribution in [0.3, 0.4) is 0 Å². The van der Waals surface area contributed by atoms with Gasteiger partial charge < -0.3 is 10.1 Å². The number of hydrogen-bond donors (Lipinski definition) is 1. The molecule has 0 heterocycles. The molecule has 64 valence electrons. The second-order valence-corrected chi connectivity index (χ2v) is 2.25. The maximum absolute atomic E-state index is 10.9. The van der Waals surface area contributed by atoms with Crippen LogP contribution in [-0.4, -0.2) is 25.7 Å². The summed E-state index contributed by atoms with van der Waals surface area (Å²) >= 11 is 0. The third kappa shape index (κ3) is 1.37. The minimum absolute atomic E-state index is 0.391. The van der Waals surface area contributed by atoms with Crippen LogP contribution in [0.1, 0.15) is 0 Å². The van der Waals surface area contributed by atoms with E-state index in [4.69, 9.17) is 4.74 Å². The average molecular weight is 167 g/mol. The van der Waals surface area contributed by atoms with Crippen LogP contribution in [-0.2, 0) is 14.3 Å². The van der Waals surface area contributed by atoms with Gasteiger partial charge in [-0.2, -0.15) is 0 Å². The van der Waals surface area contributed by atoms with E-state index in [2.05, 4.69) is 5.32 Å². The Kier molecular flexibility index (Phi) is 2.28. The molecule has 0 radical (unpaired) electrons. The summed E-state index contributed by atoms with van der Waals surface area (Å²) in [7, 11) is 3.10. The Morgan fingerprint density at radius 1 is 1.25 bits per heavy atom. The highest BCUT2D eigenvalue weighted by molar-refractivity contribution is 6.46. The van der Waals surface area contributed by atoms with Gasteiger partial charge in [0.15, 0.2) is 0 Å². The summed E-state index contributed by atoms with van der Waals surface area (Å²) in [5.74, 6) is -0.687. The van der Waals surface area contributed by atoms with E-state index in [9.17, 15) is 9.59 Å². The van der Waals surface area contributed by atoms with E-state index in [1.54, 1.807) is 7.05 Å². The van der Waals surface area contributed by atoms with Gasteiger partial charge in [0.05, 0.1) is 12.8 Å². The van der Waals surface area contributed by atoms with Crippen molar-refractivity contribution in [2.75, 3.05) is 14.2 Å². The zero-order valence-corrected chi connectivity index (χ0v) is 6.88. The lowest BCUT2D eigenvalue weighted by atomic mass is 10.1. The standard InChI is InChI=1S/C8H9NO3/c1-9-5-3-6(10)7(11)4-8(5)12-2/h3-4,9H,1-2H3. The van der Waals surface area contributed by atoms with Crippen LogP contribution in [0, 0.1) is 0 Å². The molecule has 1 rings (SSSR count). The van der Waals surface area contributed by atoms with Gasteiger partial charge in [0.25, 0.3) is 0 Å². The van der Waals surface area contributed by atoms with Crippen LogP contribution in [0.15, 0.2) is 23.6 Å². The molecule has 0 amide bonds. The molecule has 0 saturated heterocycles. The number of ether oxygens (including phenoxy) is 1. The van der Waals surface area contributed by atoms with Crippen LogP contribution < -0.4 is 5.32 Å². The molecule has 0 spiro atoms. The quantitative estimate of drug-likeness (QED) is 0.456. The van der Waals surface area contributed by atoms with Gasteiger partial charge in [0.2, 0.25) is 11.6 Å². The van der Waals surface area contributed by atoms with E-state index in [-0.39, 0.29) is 0 Å². The predicted octanol–water partition coefficient (Wildman–Crippen LogP) is -0.228. The molecule has 0 unspecified atom stereocenters. The fourth-order valence-corrected chi connectivity index (χ4v) is 0.906. The smallest absolute Gasteiger partial charge is 0.229 e. The SMILES string of the molecule is CNC1=CC(=O)C(=O)C=C1OC. The van der Waals surface area contributed by atoms with Gasteiger partial charge in [-0.25, -0.2) is 0 Å². The molecular weight excluding hydrogens is 158 g/mol. The molecule has 4 heteroatoms. The summed E-state index contributed by atoms with van der Waals surface area (Å²) in [5.41, 5.74) is 0.530. The second-order valence-electron chi connectivity index (χ2n) is 2.25. The molecule has 0 bridgehead atoms. The fraction of sp³-hybridized carbons (Fsp3) is 0.250. The maximum atomic E-state index is 10.9. The zero-order valence-electron chi connectivity index (χ0n) is 6.88. The normalized spacial score (nSPS) is 16.8. The van der Waals surface area contributed by atoms with Gasteiger partial charge in [0, 0.05) is 19.2 Å². The third-order valence-electron chi connectivity index (χ3n) is 1.54. The highest BCUT2D eigenvalue weighted by Gasteiger charge is 2.19. The lowest BCUT2D eigenvalue weighted by molar-refractivity contribution is -0.131. The Balaban J connectivity index is 3.00. The lowest BCUT2D eigenvalue weighted by Gasteiger charge is -2.12. The van der Waals surface area contributed by atoms with Crippen LogP contribution in [0.2, 0.25) is 0 Å². The Labute approximate surface area is 69.9 Å². The van der Waals surface area contributed by atoms with Crippen LogP contribution in [0.25, 0.3) is 0 Å². The molecule has 0 aromatic carbocycles. The molecule has 12 heavy (non-hydrogen) atoms. The monoisotopic (exact) mass is 167 g/mol. The summed E-state index contributed by atoms with van der Waals surface area (Å²) in [4.78, 5) is 21.7. The molecule has 0 aromatic rings. The highest BCUT2D eigenvalue weighted by atomic mass is 16.5. The van der Waals surface area contributed by atoms with Crippen LogP contribution >= 0.6 is 0 Å². The van der Waals surface area contributed by atoms with Gasteiger partial charge >= 0.3 is 0 Å². The van der Waals surface area contributed by atoms with E-state index < -0.39 is 11.6 Å². The summed E-state index contributed by atoms with van der Waals surface area (Å²) in [6.45, 7) is 0. The number of hydrogen-bond acceptors (Lipinski definition) is 4. The van der Waals surface area contributed by atoms with Crippen molar-refractivity contribution in [3.8, 4) is 0 Å². The van der Waals surface area contributed by atoms with Crippen LogP contribution in [0.4, 0.5) is 0 Å². The predicted molar refractivity (Wildman–Crippen MR) is 42.2 cm³/mol. The summed E-state index contributed by atoms with van der Waals surface area (Å²) in [6, 6.07) is 0. The number of allylic oxidation sites excluding steroid dienone is 2. The van der Waals surface area contributed by atoms with E-state index >= 15 is 0 Å². The Morgan fingerprint density at radius 3 is 2.33 bits per heavy atom. The van der Waals surface area contributed by atoms with Crippen molar-refractivity contribution in [1.82, 2.24) is 5.32 Å². The van der Waals surface area contributed by atoms with Crippen molar-refractivity contribution in [2.45, 2.75) is 0 Å². The Bertz CT molecular complexity index is 259. The first-order chi connectivity index (χ1) is 5.69. The van der Waals surface area contributed by atoms with Crippen molar-refractivity contribution >= 4 is 11.6 Å². The van der Waals surface area contributed by atoms with E-state index in [0.717, 1.165) is 0 Å². The molecule has 1 aliphatic rings. The summed E-state index contributed by atoms with van der Waals surface area (Å²) < 4.78 is 4.87. The molecule has 4 nitrogen and oxygen atoms in total. The molecule has 0 saturated carbocycles. The summed E-state index contributed by atoms with van der Waals surface area (Å²) in [5, 5.41) is 2.75. The van der Waals surface area contributed by atoms with Gasteiger partial charge in [-0.15, -0.1) is 0 Å². The van der Waals surface area contributed by atoms with Crippen molar-refractivity contribution in [2.24, 2.45) is 0 Å². The molecular formula is C8H9NO3. The minimum Gasteiger partial charge on any atom is -0.494 e. The third-order valence-corrected chi connectivity index (χ3v) is 1.54. The first-order valence-electron chi connectivity index (χ1n) is 3.43. The first kappa shape index (κ1) is 8.52. The van der Waals surface area contributed by atoms with E-state index in [1.807, 2.05) is 0 Å². The van der Waals surface area contributed by atoms with Gasteiger partial charge in [-0.3, -0.25) is 9.59 Å². The van der Waals surface area contributed by atoms with Gasteiger partial charge in [-0.05, 0) is 0 Å². The van der Waals surface area contributed by atoms with Crippen molar-refractivity contribution < 1.29 is 14.3 Å². The molecule has 0 atom stereocenters. The average Bonchev–Trinajstić information content (AvgIpc) is 2.09.